The first-order chi connectivity index (χ1) is 13.0. The molecule has 1 heterocycles. The van der Waals surface area contributed by atoms with Crippen LogP contribution in [-0.2, 0) is 16.2 Å². The number of ether oxygens (including phenoxy) is 2. The van der Waals surface area contributed by atoms with Crippen molar-refractivity contribution >= 4 is 18.8 Å². The SMILES string of the molecule is C[Si](C)(C)CCOCOc1cccc2cc(CON3CCCCC3)ccc12. The third kappa shape index (κ3) is 6.61. The predicted octanol–water partition coefficient (Wildman–Crippen LogP) is 5.45. The minimum atomic E-state index is -1.05. The van der Waals surface area contributed by atoms with E-state index in [1.54, 1.807) is 0 Å². The summed E-state index contributed by atoms with van der Waals surface area (Å²) in [5.74, 6) is 0.879. The van der Waals surface area contributed by atoms with Gasteiger partial charge in [0, 0.05) is 33.2 Å². The third-order valence-corrected chi connectivity index (χ3v) is 6.63. The van der Waals surface area contributed by atoms with Gasteiger partial charge in [0.2, 0.25) is 0 Å². The molecule has 0 unspecified atom stereocenters. The number of nitrogens with zero attached hydrogens (tertiary/aromatic N) is 1. The lowest BCUT2D eigenvalue weighted by Gasteiger charge is -2.25. The van der Waals surface area contributed by atoms with E-state index in [0.29, 0.717) is 13.4 Å². The maximum atomic E-state index is 5.95. The van der Waals surface area contributed by atoms with Crippen molar-refractivity contribution in [2.75, 3.05) is 26.5 Å². The fraction of sp³-hybridized carbons (Fsp3) is 0.545. The monoisotopic (exact) mass is 387 g/mol. The Bertz CT molecular complexity index is 723. The Morgan fingerprint density at radius 1 is 1.00 bits per heavy atom. The van der Waals surface area contributed by atoms with Crippen LogP contribution in [0.25, 0.3) is 10.8 Å². The normalized spacial score (nSPS) is 16.0. The molecule has 1 aliphatic heterocycles. The van der Waals surface area contributed by atoms with Crippen LogP contribution in [0.5, 0.6) is 5.75 Å². The van der Waals surface area contributed by atoms with Gasteiger partial charge in [0.25, 0.3) is 0 Å². The predicted molar refractivity (Wildman–Crippen MR) is 114 cm³/mol. The Morgan fingerprint density at radius 2 is 1.81 bits per heavy atom. The fourth-order valence-corrected chi connectivity index (χ4v) is 3.98. The molecule has 4 nitrogen and oxygen atoms in total. The first-order valence-corrected chi connectivity index (χ1v) is 13.8. The van der Waals surface area contributed by atoms with Gasteiger partial charge >= 0.3 is 0 Å². The molecule has 0 aliphatic carbocycles. The van der Waals surface area contributed by atoms with Crippen molar-refractivity contribution in [3.05, 3.63) is 42.0 Å². The van der Waals surface area contributed by atoms with Crippen molar-refractivity contribution in [2.24, 2.45) is 0 Å². The Hall–Kier alpha value is -1.40. The molecule has 1 fully saturated rings. The average Bonchev–Trinajstić information content (AvgIpc) is 2.66. The van der Waals surface area contributed by atoms with Crippen molar-refractivity contribution in [3.63, 3.8) is 0 Å². The molecular formula is C22H33NO3Si. The first-order valence-electron chi connectivity index (χ1n) is 10.1. The highest BCUT2D eigenvalue weighted by molar-refractivity contribution is 6.76. The van der Waals surface area contributed by atoms with Gasteiger partial charge in [-0.3, -0.25) is 4.84 Å². The number of fused-ring (bicyclic) bond motifs is 1. The van der Waals surface area contributed by atoms with Gasteiger partial charge in [-0.05, 0) is 42.0 Å². The van der Waals surface area contributed by atoms with Gasteiger partial charge < -0.3 is 9.47 Å². The van der Waals surface area contributed by atoms with Crippen molar-refractivity contribution in [2.45, 2.75) is 51.6 Å². The minimum Gasteiger partial charge on any atom is -0.467 e. The van der Waals surface area contributed by atoms with Gasteiger partial charge in [-0.25, -0.2) is 0 Å². The number of benzene rings is 2. The summed E-state index contributed by atoms with van der Waals surface area (Å²) in [4.78, 5) is 5.95. The van der Waals surface area contributed by atoms with Crippen molar-refractivity contribution in [3.8, 4) is 5.75 Å². The summed E-state index contributed by atoms with van der Waals surface area (Å²) in [6, 6.07) is 13.8. The minimum absolute atomic E-state index is 0.309. The number of piperidine rings is 1. The summed E-state index contributed by atoms with van der Waals surface area (Å²) in [5.41, 5.74) is 1.19. The molecule has 1 saturated heterocycles. The van der Waals surface area contributed by atoms with Crippen LogP contribution in [0.1, 0.15) is 24.8 Å². The molecule has 5 heteroatoms. The molecule has 0 aromatic heterocycles. The molecule has 2 aromatic carbocycles. The second-order valence-electron chi connectivity index (χ2n) is 8.56. The van der Waals surface area contributed by atoms with E-state index in [-0.39, 0.29) is 0 Å². The van der Waals surface area contributed by atoms with Gasteiger partial charge in [-0.15, -0.1) is 0 Å². The maximum Gasteiger partial charge on any atom is 0.189 e. The second kappa shape index (κ2) is 9.69. The number of rotatable bonds is 9. The van der Waals surface area contributed by atoms with E-state index in [0.717, 1.165) is 36.9 Å². The summed E-state index contributed by atoms with van der Waals surface area (Å²) >= 11 is 0. The van der Waals surface area contributed by atoms with Crippen molar-refractivity contribution in [1.29, 1.82) is 0 Å². The number of hydrogen-bond acceptors (Lipinski definition) is 4. The number of hydroxylamine groups is 2. The van der Waals surface area contributed by atoms with E-state index in [1.807, 2.05) is 12.1 Å². The zero-order valence-corrected chi connectivity index (χ0v) is 18.0. The van der Waals surface area contributed by atoms with E-state index in [1.165, 1.54) is 30.2 Å². The number of hydrogen-bond donors (Lipinski definition) is 0. The highest BCUT2D eigenvalue weighted by Gasteiger charge is 2.13. The highest BCUT2D eigenvalue weighted by atomic mass is 28.3. The van der Waals surface area contributed by atoms with Crippen LogP contribution >= 0.6 is 0 Å². The van der Waals surface area contributed by atoms with E-state index in [4.69, 9.17) is 14.3 Å². The van der Waals surface area contributed by atoms with E-state index < -0.39 is 8.07 Å². The summed E-state index contributed by atoms with van der Waals surface area (Å²) in [7, 11) is -1.05. The largest absolute Gasteiger partial charge is 0.467 e. The molecule has 0 saturated carbocycles. The molecule has 1 aliphatic rings. The van der Waals surface area contributed by atoms with Gasteiger partial charge in [-0.1, -0.05) is 50.3 Å². The third-order valence-electron chi connectivity index (χ3n) is 4.93. The summed E-state index contributed by atoms with van der Waals surface area (Å²) < 4.78 is 11.6. The van der Waals surface area contributed by atoms with Crippen LogP contribution in [0.4, 0.5) is 0 Å². The zero-order valence-electron chi connectivity index (χ0n) is 17.0. The first kappa shape index (κ1) is 20.3. The van der Waals surface area contributed by atoms with E-state index in [2.05, 4.69) is 49.0 Å². The lowest BCUT2D eigenvalue weighted by Crippen LogP contribution is -2.29. The molecule has 0 spiro atoms. The highest BCUT2D eigenvalue weighted by Crippen LogP contribution is 2.27. The molecule has 27 heavy (non-hydrogen) atoms. The smallest absolute Gasteiger partial charge is 0.189 e. The van der Waals surface area contributed by atoms with Gasteiger partial charge in [-0.2, -0.15) is 5.06 Å². The van der Waals surface area contributed by atoms with Crippen LogP contribution in [-0.4, -0.2) is 39.6 Å². The van der Waals surface area contributed by atoms with Crippen molar-refractivity contribution in [1.82, 2.24) is 5.06 Å². The Labute approximate surface area is 164 Å². The van der Waals surface area contributed by atoms with E-state index >= 15 is 0 Å². The van der Waals surface area contributed by atoms with Crippen LogP contribution in [0.3, 0.4) is 0 Å². The van der Waals surface area contributed by atoms with Crippen molar-refractivity contribution < 1.29 is 14.3 Å². The average molecular weight is 388 g/mol. The van der Waals surface area contributed by atoms with Gasteiger partial charge in [0.1, 0.15) is 5.75 Å². The van der Waals surface area contributed by atoms with Crippen LogP contribution in [0.15, 0.2) is 36.4 Å². The zero-order chi connectivity index (χ0) is 19.1. The van der Waals surface area contributed by atoms with Crippen LogP contribution < -0.4 is 4.74 Å². The summed E-state index contributed by atoms with van der Waals surface area (Å²) in [6.07, 6.45) is 3.79. The quantitative estimate of drug-likeness (QED) is 0.325. The fourth-order valence-electron chi connectivity index (χ4n) is 3.22. The summed E-state index contributed by atoms with van der Waals surface area (Å²) in [6.45, 7) is 10.9. The molecule has 0 bridgehead atoms. The molecule has 3 rings (SSSR count). The summed E-state index contributed by atoms with van der Waals surface area (Å²) in [5, 5.41) is 4.40. The van der Waals surface area contributed by atoms with Gasteiger partial charge in [0.15, 0.2) is 6.79 Å². The molecule has 0 amide bonds. The molecular weight excluding hydrogens is 354 g/mol. The maximum absolute atomic E-state index is 5.95. The Kier molecular flexibility index (Phi) is 7.30. The molecule has 0 N–H and O–H groups in total. The van der Waals surface area contributed by atoms with Crippen LogP contribution in [0, 0.1) is 0 Å². The lowest BCUT2D eigenvalue weighted by atomic mass is 10.1. The molecule has 0 radical (unpaired) electrons. The van der Waals surface area contributed by atoms with Gasteiger partial charge in [0.05, 0.1) is 6.61 Å². The second-order valence-corrected chi connectivity index (χ2v) is 14.2. The molecule has 2 aromatic rings. The lowest BCUT2D eigenvalue weighted by molar-refractivity contribution is -0.178. The topological polar surface area (TPSA) is 30.9 Å². The Morgan fingerprint density at radius 3 is 2.59 bits per heavy atom. The molecule has 0 atom stereocenters. The van der Waals surface area contributed by atoms with E-state index in [9.17, 15) is 0 Å². The standard InChI is InChI=1S/C22H33NO3Si/c1-27(2,3)15-14-24-18-25-22-9-7-8-20-16-19(10-11-21(20)22)17-26-23-12-5-4-6-13-23/h7-11,16H,4-6,12-15,17-18H2,1-3H3. The molecule has 148 valence electrons. The Balaban J connectivity index is 1.54. The van der Waals surface area contributed by atoms with Crippen LogP contribution in [0.2, 0.25) is 25.7 Å².